The van der Waals surface area contributed by atoms with Crippen molar-refractivity contribution >= 4 is 0 Å². The van der Waals surface area contributed by atoms with Gasteiger partial charge < -0.3 is 11.1 Å². The highest BCUT2D eigenvalue weighted by Gasteiger charge is 2.14. The lowest BCUT2D eigenvalue weighted by atomic mass is 9.95. The van der Waals surface area contributed by atoms with Crippen molar-refractivity contribution in [2.24, 2.45) is 5.73 Å². The molecule has 0 amide bonds. The lowest BCUT2D eigenvalue weighted by molar-refractivity contribution is 0.366. The summed E-state index contributed by atoms with van der Waals surface area (Å²) < 4.78 is 0. The maximum Gasteiger partial charge on any atom is 0.0421 e. The maximum absolute atomic E-state index is 6.20. The summed E-state index contributed by atoms with van der Waals surface area (Å²) in [6.07, 6.45) is 6.79. The Kier molecular flexibility index (Phi) is 4.57. The Morgan fingerprint density at radius 1 is 1.18 bits per heavy atom. The first-order valence-electron chi connectivity index (χ1n) is 6.81. The molecule has 1 fully saturated rings. The van der Waals surface area contributed by atoms with Gasteiger partial charge in [-0.3, -0.25) is 0 Å². The van der Waals surface area contributed by atoms with E-state index in [1.807, 2.05) is 0 Å². The van der Waals surface area contributed by atoms with Crippen LogP contribution in [0.15, 0.2) is 24.3 Å². The molecule has 17 heavy (non-hydrogen) atoms. The van der Waals surface area contributed by atoms with E-state index in [4.69, 9.17) is 5.73 Å². The molecule has 1 saturated carbocycles. The van der Waals surface area contributed by atoms with Crippen LogP contribution in [0.4, 0.5) is 0 Å². The fraction of sp³-hybridized carbons (Fsp3) is 0.600. The van der Waals surface area contributed by atoms with Gasteiger partial charge in [-0.25, -0.2) is 0 Å². The smallest absolute Gasteiger partial charge is 0.0421 e. The minimum Gasteiger partial charge on any atom is -0.323 e. The van der Waals surface area contributed by atoms with E-state index >= 15 is 0 Å². The van der Waals surface area contributed by atoms with Crippen molar-refractivity contribution in [3.8, 4) is 0 Å². The average molecular weight is 232 g/mol. The highest BCUT2D eigenvalue weighted by Crippen LogP contribution is 2.18. The van der Waals surface area contributed by atoms with Gasteiger partial charge in [0, 0.05) is 18.6 Å². The first-order valence-corrected chi connectivity index (χ1v) is 6.81. The molecule has 1 aromatic carbocycles. The lowest BCUT2D eigenvalue weighted by Gasteiger charge is -2.24. The molecule has 1 atom stereocenters. The van der Waals surface area contributed by atoms with Gasteiger partial charge in [0.05, 0.1) is 0 Å². The van der Waals surface area contributed by atoms with Crippen LogP contribution in [-0.4, -0.2) is 12.6 Å². The van der Waals surface area contributed by atoms with Crippen LogP contribution in [0.1, 0.15) is 49.3 Å². The molecule has 2 rings (SSSR count). The Morgan fingerprint density at radius 3 is 2.47 bits per heavy atom. The van der Waals surface area contributed by atoms with Crippen LogP contribution in [0, 0.1) is 6.92 Å². The molecule has 0 aromatic heterocycles. The Morgan fingerprint density at radius 2 is 1.82 bits per heavy atom. The zero-order chi connectivity index (χ0) is 12.1. The molecule has 0 bridgehead atoms. The monoisotopic (exact) mass is 232 g/mol. The summed E-state index contributed by atoms with van der Waals surface area (Å²) in [6, 6.07) is 9.37. The molecule has 1 aliphatic rings. The Balaban J connectivity index is 1.80. The molecule has 0 radical (unpaired) electrons. The molecule has 1 aromatic rings. The predicted octanol–water partition coefficient (Wildman–Crippen LogP) is 2.92. The van der Waals surface area contributed by atoms with E-state index in [1.165, 1.54) is 43.2 Å². The standard InChI is InChI=1S/C15H24N2/c1-12-7-9-13(10-8-12)15(16)11-17-14-5-3-2-4-6-14/h7-10,14-15,17H,2-6,11,16H2,1H3. The number of benzene rings is 1. The van der Waals surface area contributed by atoms with Crippen LogP contribution in [-0.2, 0) is 0 Å². The van der Waals surface area contributed by atoms with Crippen molar-refractivity contribution in [3.63, 3.8) is 0 Å². The highest BCUT2D eigenvalue weighted by molar-refractivity contribution is 5.24. The van der Waals surface area contributed by atoms with E-state index in [-0.39, 0.29) is 6.04 Å². The van der Waals surface area contributed by atoms with Gasteiger partial charge in [0.15, 0.2) is 0 Å². The zero-order valence-corrected chi connectivity index (χ0v) is 10.8. The van der Waals surface area contributed by atoms with Crippen molar-refractivity contribution in [2.45, 2.75) is 51.1 Å². The third kappa shape index (κ3) is 3.83. The minimum atomic E-state index is 0.123. The van der Waals surface area contributed by atoms with Crippen LogP contribution in [0.3, 0.4) is 0 Å². The van der Waals surface area contributed by atoms with Crippen molar-refractivity contribution in [2.75, 3.05) is 6.54 Å². The van der Waals surface area contributed by atoms with E-state index in [1.54, 1.807) is 0 Å². The van der Waals surface area contributed by atoms with Gasteiger partial charge in [0.2, 0.25) is 0 Å². The summed E-state index contributed by atoms with van der Waals surface area (Å²) in [7, 11) is 0. The first kappa shape index (κ1) is 12.6. The topological polar surface area (TPSA) is 38.0 Å². The molecular weight excluding hydrogens is 208 g/mol. The Bertz CT molecular complexity index is 325. The Labute approximate surface area is 105 Å². The summed E-state index contributed by atoms with van der Waals surface area (Å²) in [4.78, 5) is 0. The zero-order valence-electron chi connectivity index (χ0n) is 10.8. The van der Waals surface area contributed by atoms with Crippen LogP contribution in [0.25, 0.3) is 0 Å². The minimum absolute atomic E-state index is 0.123. The third-order valence-corrected chi connectivity index (χ3v) is 3.74. The Hall–Kier alpha value is -0.860. The van der Waals surface area contributed by atoms with Crippen LogP contribution >= 0.6 is 0 Å². The van der Waals surface area contributed by atoms with Gasteiger partial charge >= 0.3 is 0 Å². The largest absolute Gasteiger partial charge is 0.323 e. The SMILES string of the molecule is Cc1ccc(C(N)CNC2CCCCC2)cc1. The molecule has 3 N–H and O–H groups in total. The molecule has 0 spiro atoms. The molecule has 94 valence electrons. The molecule has 0 aliphatic heterocycles. The third-order valence-electron chi connectivity index (χ3n) is 3.74. The summed E-state index contributed by atoms with van der Waals surface area (Å²) in [6.45, 7) is 3.00. The van der Waals surface area contributed by atoms with Crippen molar-refractivity contribution in [1.29, 1.82) is 0 Å². The summed E-state index contributed by atoms with van der Waals surface area (Å²) in [5, 5.41) is 3.61. The van der Waals surface area contributed by atoms with E-state index in [0.717, 1.165) is 6.54 Å². The van der Waals surface area contributed by atoms with E-state index in [0.29, 0.717) is 6.04 Å². The number of hydrogen-bond acceptors (Lipinski definition) is 2. The van der Waals surface area contributed by atoms with Gasteiger partial charge in [0.1, 0.15) is 0 Å². The number of nitrogens with one attached hydrogen (secondary N) is 1. The van der Waals surface area contributed by atoms with Crippen LogP contribution in [0.5, 0.6) is 0 Å². The molecule has 2 heteroatoms. The number of aryl methyl sites for hydroxylation is 1. The van der Waals surface area contributed by atoms with Crippen molar-refractivity contribution in [3.05, 3.63) is 35.4 Å². The van der Waals surface area contributed by atoms with E-state index in [2.05, 4.69) is 36.5 Å². The summed E-state index contributed by atoms with van der Waals surface area (Å²) in [5.74, 6) is 0. The number of hydrogen-bond donors (Lipinski definition) is 2. The first-order chi connectivity index (χ1) is 8.25. The molecule has 0 heterocycles. The fourth-order valence-electron chi connectivity index (χ4n) is 2.53. The van der Waals surface area contributed by atoms with Crippen molar-refractivity contribution in [1.82, 2.24) is 5.32 Å². The van der Waals surface area contributed by atoms with E-state index in [9.17, 15) is 0 Å². The molecule has 0 saturated heterocycles. The van der Waals surface area contributed by atoms with Crippen molar-refractivity contribution < 1.29 is 0 Å². The van der Waals surface area contributed by atoms with Crippen LogP contribution < -0.4 is 11.1 Å². The maximum atomic E-state index is 6.20. The molecule has 2 nitrogen and oxygen atoms in total. The normalized spacial score (nSPS) is 19.2. The highest BCUT2D eigenvalue weighted by atomic mass is 14.9. The average Bonchev–Trinajstić information content (AvgIpc) is 2.38. The second-order valence-corrected chi connectivity index (χ2v) is 5.26. The summed E-state index contributed by atoms with van der Waals surface area (Å²) >= 11 is 0. The lowest BCUT2D eigenvalue weighted by Crippen LogP contribution is -2.36. The summed E-state index contributed by atoms with van der Waals surface area (Å²) in [5.41, 5.74) is 8.73. The molecular formula is C15H24N2. The fourth-order valence-corrected chi connectivity index (χ4v) is 2.53. The molecule has 1 unspecified atom stereocenters. The van der Waals surface area contributed by atoms with E-state index < -0.39 is 0 Å². The van der Waals surface area contributed by atoms with Gasteiger partial charge in [0.25, 0.3) is 0 Å². The second kappa shape index (κ2) is 6.18. The second-order valence-electron chi connectivity index (χ2n) is 5.26. The van der Waals surface area contributed by atoms with Gasteiger partial charge in [-0.2, -0.15) is 0 Å². The van der Waals surface area contributed by atoms with Gasteiger partial charge in [-0.05, 0) is 25.3 Å². The van der Waals surface area contributed by atoms with Gasteiger partial charge in [-0.15, -0.1) is 0 Å². The van der Waals surface area contributed by atoms with Crippen LogP contribution in [0.2, 0.25) is 0 Å². The predicted molar refractivity (Wildman–Crippen MR) is 73.0 cm³/mol. The quantitative estimate of drug-likeness (QED) is 0.837. The number of nitrogens with two attached hydrogens (primary N) is 1. The number of rotatable bonds is 4. The molecule has 1 aliphatic carbocycles. The van der Waals surface area contributed by atoms with Gasteiger partial charge in [-0.1, -0.05) is 49.1 Å².